The molecule has 0 saturated carbocycles. The largest absolute Gasteiger partial charge is 0.493 e. The van der Waals surface area contributed by atoms with E-state index in [0.29, 0.717) is 12.0 Å². The molecular weight excluding hydrogens is 284 g/mol. The number of hydrogen-bond acceptors (Lipinski definition) is 3. The summed E-state index contributed by atoms with van der Waals surface area (Å²) in [5.74, 6) is 1.44. The van der Waals surface area contributed by atoms with Crippen molar-refractivity contribution in [1.29, 1.82) is 0 Å². The number of benzene rings is 1. The van der Waals surface area contributed by atoms with Crippen molar-refractivity contribution in [2.75, 3.05) is 13.7 Å². The van der Waals surface area contributed by atoms with Crippen LogP contribution in [0, 0.1) is 0 Å². The van der Waals surface area contributed by atoms with Gasteiger partial charge >= 0.3 is 0 Å². The second-order valence-electron chi connectivity index (χ2n) is 5.35. The molecule has 110 valence electrons. The molecule has 0 saturated heterocycles. The first-order valence-electron chi connectivity index (χ1n) is 7.27. The van der Waals surface area contributed by atoms with E-state index >= 15 is 0 Å². The molecule has 1 aromatic heterocycles. The van der Waals surface area contributed by atoms with Gasteiger partial charge in [-0.05, 0) is 43.1 Å². The van der Waals surface area contributed by atoms with Crippen LogP contribution in [0.25, 0.3) is 0 Å². The van der Waals surface area contributed by atoms with Crippen molar-refractivity contribution in [3.8, 4) is 5.75 Å². The van der Waals surface area contributed by atoms with Gasteiger partial charge in [0.2, 0.25) is 0 Å². The fourth-order valence-corrected chi connectivity index (χ4v) is 3.24. The van der Waals surface area contributed by atoms with E-state index in [0.717, 1.165) is 35.8 Å². The predicted molar refractivity (Wildman–Crippen MR) is 85.1 cm³/mol. The Morgan fingerprint density at radius 1 is 1.38 bits per heavy atom. The van der Waals surface area contributed by atoms with Crippen LogP contribution in [-0.2, 0) is 6.42 Å². The predicted octanol–water partition coefficient (Wildman–Crippen LogP) is 3.43. The SMILES string of the molecule is CNC(Cc1ccncc1Cl)C1CCOc2ccccc21. The quantitative estimate of drug-likeness (QED) is 0.939. The van der Waals surface area contributed by atoms with Gasteiger partial charge < -0.3 is 10.1 Å². The summed E-state index contributed by atoms with van der Waals surface area (Å²) in [6, 6.07) is 10.6. The summed E-state index contributed by atoms with van der Waals surface area (Å²) in [5.41, 5.74) is 2.42. The highest BCUT2D eigenvalue weighted by atomic mass is 35.5. The maximum Gasteiger partial charge on any atom is 0.122 e. The second kappa shape index (κ2) is 6.46. The highest BCUT2D eigenvalue weighted by Gasteiger charge is 2.28. The van der Waals surface area contributed by atoms with Gasteiger partial charge in [0.05, 0.1) is 11.6 Å². The number of pyridine rings is 1. The Bertz CT molecular complexity index is 617. The number of nitrogens with zero attached hydrogens (tertiary/aromatic N) is 1. The number of ether oxygens (including phenoxy) is 1. The molecule has 0 fully saturated rings. The lowest BCUT2D eigenvalue weighted by atomic mass is 9.84. The second-order valence-corrected chi connectivity index (χ2v) is 5.76. The highest BCUT2D eigenvalue weighted by molar-refractivity contribution is 6.31. The first-order valence-corrected chi connectivity index (χ1v) is 7.64. The number of rotatable bonds is 4. The Balaban J connectivity index is 1.86. The molecule has 1 aromatic carbocycles. The van der Waals surface area contributed by atoms with Crippen LogP contribution in [0.2, 0.25) is 5.02 Å². The molecule has 0 bridgehead atoms. The van der Waals surface area contributed by atoms with Crippen LogP contribution in [0.1, 0.15) is 23.5 Å². The molecular formula is C17H19ClN2O. The molecule has 2 heterocycles. The summed E-state index contributed by atoms with van der Waals surface area (Å²) in [5, 5.41) is 4.19. The first-order chi connectivity index (χ1) is 10.3. The van der Waals surface area contributed by atoms with E-state index in [9.17, 15) is 0 Å². The normalized spacial score (nSPS) is 18.7. The number of halogens is 1. The van der Waals surface area contributed by atoms with E-state index in [1.807, 2.05) is 25.2 Å². The molecule has 21 heavy (non-hydrogen) atoms. The van der Waals surface area contributed by atoms with E-state index in [1.165, 1.54) is 5.56 Å². The van der Waals surface area contributed by atoms with Crippen LogP contribution in [0.4, 0.5) is 0 Å². The van der Waals surface area contributed by atoms with Gasteiger partial charge in [0.1, 0.15) is 5.75 Å². The summed E-state index contributed by atoms with van der Waals surface area (Å²) in [4.78, 5) is 4.05. The van der Waals surface area contributed by atoms with Crippen molar-refractivity contribution in [3.63, 3.8) is 0 Å². The van der Waals surface area contributed by atoms with Crippen LogP contribution in [0.3, 0.4) is 0 Å². The summed E-state index contributed by atoms with van der Waals surface area (Å²) in [7, 11) is 2.01. The third-order valence-electron chi connectivity index (χ3n) is 4.16. The first kappa shape index (κ1) is 14.4. The summed E-state index contributed by atoms with van der Waals surface area (Å²) >= 11 is 6.25. The average Bonchev–Trinajstić information content (AvgIpc) is 2.54. The van der Waals surface area contributed by atoms with Crippen LogP contribution in [0.15, 0.2) is 42.7 Å². The Hall–Kier alpha value is -1.58. The number of para-hydroxylation sites is 1. The molecule has 2 atom stereocenters. The molecule has 0 radical (unpaired) electrons. The molecule has 1 aliphatic heterocycles. The van der Waals surface area contributed by atoms with E-state index in [-0.39, 0.29) is 0 Å². The Morgan fingerprint density at radius 3 is 3.05 bits per heavy atom. The van der Waals surface area contributed by atoms with Gasteiger partial charge in [-0.1, -0.05) is 29.8 Å². The number of hydrogen-bond donors (Lipinski definition) is 1. The maximum absolute atomic E-state index is 6.25. The Labute approximate surface area is 130 Å². The number of likely N-dealkylation sites (N-methyl/N-ethyl adjacent to an activating group) is 1. The lowest BCUT2D eigenvalue weighted by molar-refractivity contribution is 0.247. The molecule has 0 amide bonds. The summed E-state index contributed by atoms with van der Waals surface area (Å²) < 4.78 is 5.76. The van der Waals surface area contributed by atoms with Crippen LogP contribution >= 0.6 is 11.6 Å². The number of aromatic nitrogens is 1. The molecule has 1 aliphatic rings. The lowest BCUT2D eigenvalue weighted by Crippen LogP contribution is -2.36. The highest BCUT2D eigenvalue weighted by Crippen LogP contribution is 2.36. The van der Waals surface area contributed by atoms with Gasteiger partial charge in [0.15, 0.2) is 0 Å². The van der Waals surface area contributed by atoms with Gasteiger partial charge in [-0.15, -0.1) is 0 Å². The topological polar surface area (TPSA) is 34.2 Å². The van der Waals surface area contributed by atoms with Crippen LogP contribution in [0.5, 0.6) is 5.75 Å². The van der Waals surface area contributed by atoms with Crippen molar-refractivity contribution in [3.05, 3.63) is 58.9 Å². The summed E-state index contributed by atoms with van der Waals surface area (Å²) in [6.07, 6.45) is 5.41. The zero-order valence-corrected chi connectivity index (χ0v) is 12.8. The molecule has 3 rings (SSSR count). The van der Waals surface area contributed by atoms with Gasteiger partial charge in [-0.25, -0.2) is 0 Å². The third kappa shape index (κ3) is 3.04. The van der Waals surface area contributed by atoms with Crippen LogP contribution < -0.4 is 10.1 Å². The zero-order valence-electron chi connectivity index (χ0n) is 12.1. The third-order valence-corrected chi connectivity index (χ3v) is 4.50. The zero-order chi connectivity index (χ0) is 14.7. The standard InChI is InChI=1S/C17H19ClN2O/c1-19-16(10-12-6-8-20-11-15(12)18)13-7-9-21-17-5-3-2-4-14(13)17/h2-6,8,11,13,16,19H,7,9-10H2,1H3. The number of fused-ring (bicyclic) bond motifs is 1. The van der Waals surface area contributed by atoms with Crippen molar-refractivity contribution in [2.24, 2.45) is 0 Å². The minimum absolute atomic E-state index is 0.329. The molecule has 0 aliphatic carbocycles. The van der Waals surface area contributed by atoms with Crippen LogP contribution in [-0.4, -0.2) is 24.7 Å². The molecule has 2 aromatic rings. The van der Waals surface area contributed by atoms with Crippen molar-refractivity contribution in [1.82, 2.24) is 10.3 Å². The monoisotopic (exact) mass is 302 g/mol. The lowest BCUT2D eigenvalue weighted by Gasteiger charge is -2.32. The van der Waals surface area contributed by atoms with Crippen molar-refractivity contribution < 1.29 is 4.74 Å². The van der Waals surface area contributed by atoms with Gasteiger partial charge in [-0.3, -0.25) is 4.98 Å². The Kier molecular flexibility index (Phi) is 4.42. The smallest absolute Gasteiger partial charge is 0.122 e. The fourth-order valence-electron chi connectivity index (χ4n) is 3.04. The molecule has 3 nitrogen and oxygen atoms in total. The molecule has 1 N–H and O–H groups in total. The minimum atomic E-state index is 0.329. The fraction of sp³-hybridized carbons (Fsp3) is 0.353. The van der Waals surface area contributed by atoms with E-state index in [4.69, 9.17) is 16.3 Å². The van der Waals surface area contributed by atoms with Crippen molar-refractivity contribution in [2.45, 2.75) is 24.8 Å². The van der Waals surface area contributed by atoms with E-state index < -0.39 is 0 Å². The summed E-state index contributed by atoms with van der Waals surface area (Å²) in [6.45, 7) is 0.768. The molecule has 0 spiro atoms. The van der Waals surface area contributed by atoms with E-state index in [2.05, 4.69) is 22.4 Å². The average molecular weight is 303 g/mol. The molecule has 2 unspecified atom stereocenters. The van der Waals surface area contributed by atoms with Gasteiger partial charge in [-0.2, -0.15) is 0 Å². The maximum atomic E-state index is 6.25. The van der Waals surface area contributed by atoms with Crippen molar-refractivity contribution >= 4 is 11.6 Å². The Morgan fingerprint density at radius 2 is 2.24 bits per heavy atom. The van der Waals surface area contributed by atoms with Gasteiger partial charge in [0, 0.05) is 24.4 Å². The van der Waals surface area contributed by atoms with Gasteiger partial charge in [0.25, 0.3) is 0 Å². The minimum Gasteiger partial charge on any atom is -0.493 e. The molecule has 4 heteroatoms. The number of nitrogens with one attached hydrogen (secondary N) is 1. The van der Waals surface area contributed by atoms with E-state index in [1.54, 1.807) is 12.4 Å².